The molecule has 1 aromatic heterocycles. The molecule has 0 radical (unpaired) electrons. The van der Waals surface area contributed by atoms with Crippen molar-refractivity contribution in [3.05, 3.63) is 18.1 Å². The Kier molecular flexibility index (Phi) is 3.94. The standard InChI is InChI=1S/C13H22N4/c1-4-14-5-12-6-15-7-13(16-12)17-8-10(2)11(3)9-17/h6-7,10-11,14H,4-5,8-9H2,1-3H3. The summed E-state index contributed by atoms with van der Waals surface area (Å²) in [6.07, 6.45) is 3.72. The van der Waals surface area contributed by atoms with E-state index in [4.69, 9.17) is 0 Å². The minimum Gasteiger partial charge on any atom is -0.355 e. The van der Waals surface area contributed by atoms with Crippen LogP contribution in [0.2, 0.25) is 0 Å². The topological polar surface area (TPSA) is 41.1 Å². The molecule has 2 rings (SSSR count). The Labute approximate surface area is 103 Å². The van der Waals surface area contributed by atoms with Gasteiger partial charge in [0.2, 0.25) is 0 Å². The predicted octanol–water partition coefficient (Wildman–Crippen LogP) is 1.68. The highest BCUT2D eigenvalue weighted by Crippen LogP contribution is 2.25. The zero-order valence-corrected chi connectivity index (χ0v) is 11.0. The summed E-state index contributed by atoms with van der Waals surface area (Å²) >= 11 is 0. The van der Waals surface area contributed by atoms with Gasteiger partial charge in [0.1, 0.15) is 5.82 Å². The number of hydrogen-bond donors (Lipinski definition) is 1. The largest absolute Gasteiger partial charge is 0.355 e. The van der Waals surface area contributed by atoms with Crippen LogP contribution in [0, 0.1) is 11.8 Å². The summed E-state index contributed by atoms with van der Waals surface area (Å²) in [6.45, 7) is 10.7. The molecule has 0 spiro atoms. The SMILES string of the molecule is CCNCc1cncc(N2CC(C)C(C)C2)n1. The van der Waals surface area contributed by atoms with Crippen molar-refractivity contribution in [2.75, 3.05) is 24.5 Å². The third-order valence-corrected chi connectivity index (χ3v) is 3.54. The van der Waals surface area contributed by atoms with E-state index >= 15 is 0 Å². The lowest BCUT2D eigenvalue weighted by Gasteiger charge is -2.17. The van der Waals surface area contributed by atoms with E-state index in [0.29, 0.717) is 0 Å². The first kappa shape index (κ1) is 12.3. The van der Waals surface area contributed by atoms with Crippen molar-refractivity contribution in [3.63, 3.8) is 0 Å². The van der Waals surface area contributed by atoms with Crippen LogP contribution in [0.5, 0.6) is 0 Å². The van der Waals surface area contributed by atoms with Crippen LogP contribution in [0.3, 0.4) is 0 Å². The second-order valence-electron chi connectivity index (χ2n) is 5.01. The Morgan fingerprint density at radius 3 is 2.65 bits per heavy atom. The molecule has 1 aliphatic rings. The summed E-state index contributed by atoms with van der Waals surface area (Å²) in [6, 6.07) is 0. The highest BCUT2D eigenvalue weighted by Gasteiger charge is 2.26. The zero-order valence-electron chi connectivity index (χ0n) is 11.0. The number of aromatic nitrogens is 2. The molecule has 2 unspecified atom stereocenters. The van der Waals surface area contributed by atoms with Gasteiger partial charge in [-0.2, -0.15) is 0 Å². The van der Waals surface area contributed by atoms with Gasteiger partial charge in [-0.15, -0.1) is 0 Å². The zero-order chi connectivity index (χ0) is 12.3. The van der Waals surface area contributed by atoms with E-state index in [9.17, 15) is 0 Å². The van der Waals surface area contributed by atoms with Crippen LogP contribution < -0.4 is 10.2 Å². The van der Waals surface area contributed by atoms with E-state index in [1.54, 1.807) is 0 Å². The average molecular weight is 234 g/mol. The summed E-state index contributed by atoms with van der Waals surface area (Å²) in [5.41, 5.74) is 1.02. The monoisotopic (exact) mass is 234 g/mol. The maximum atomic E-state index is 4.66. The van der Waals surface area contributed by atoms with E-state index in [1.807, 2.05) is 12.4 Å². The molecule has 2 heterocycles. The first-order valence-electron chi connectivity index (χ1n) is 6.47. The van der Waals surface area contributed by atoms with Crippen LogP contribution in [-0.2, 0) is 6.54 Å². The van der Waals surface area contributed by atoms with Crippen molar-refractivity contribution >= 4 is 5.82 Å². The molecule has 4 nitrogen and oxygen atoms in total. The molecule has 1 saturated heterocycles. The van der Waals surface area contributed by atoms with Crippen molar-refractivity contribution < 1.29 is 0 Å². The van der Waals surface area contributed by atoms with Gasteiger partial charge < -0.3 is 10.2 Å². The van der Waals surface area contributed by atoms with Gasteiger partial charge in [0.25, 0.3) is 0 Å². The lowest BCUT2D eigenvalue weighted by molar-refractivity contribution is 0.494. The summed E-state index contributed by atoms with van der Waals surface area (Å²) in [7, 11) is 0. The maximum absolute atomic E-state index is 4.66. The maximum Gasteiger partial charge on any atom is 0.147 e. The number of nitrogens with zero attached hydrogens (tertiary/aromatic N) is 3. The first-order valence-corrected chi connectivity index (χ1v) is 6.47. The molecule has 2 atom stereocenters. The molecule has 94 valence electrons. The molecule has 1 N–H and O–H groups in total. The third-order valence-electron chi connectivity index (χ3n) is 3.54. The second kappa shape index (κ2) is 5.45. The van der Waals surface area contributed by atoms with Crippen LogP contribution in [0.1, 0.15) is 26.5 Å². The molecule has 0 saturated carbocycles. The second-order valence-corrected chi connectivity index (χ2v) is 5.01. The number of nitrogens with one attached hydrogen (secondary N) is 1. The minimum atomic E-state index is 0.745. The van der Waals surface area contributed by atoms with Gasteiger partial charge in [-0.1, -0.05) is 20.8 Å². The molecule has 0 bridgehead atoms. The molecule has 0 aromatic carbocycles. The molecule has 0 aliphatic carbocycles. The van der Waals surface area contributed by atoms with Crippen LogP contribution in [0.25, 0.3) is 0 Å². The summed E-state index contributed by atoms with van der Waals surface area (Å²) < 4.78 is 0. The van der Waals surface area contributed by atoms with Crippen LogP contribution in [0.4, 0.5) is 5.82 Å². The first-order chi connectivity index (χ1) is 8.20. The van der Waals surface area contributed by atoms with Gasteiger partial charge in [-0.05, 0) is 18.4 Å². The van der Waals surface area contributed by atoms with Crippen LogP contribution >= 0.6 is 0 Å². The Hall–Kier alpha value is -1.16. The highest BCUT2D eigenvalue weighted by atomic mass is 15.2. The number of hydrogen-bond acceptors (Lipinski definition) is 4. The minimum absolute atomic E-state index is 0.745. The van der Waals surface area contributed by atoms with Gasteiger partial charge in [-0.25, -0.2) is 4.98 Å². The van der Waals surface area contributed by atoms with Crippen molar-refractivity contribution in [1.82, 2.24) is 15.3 Å². The predicted molar refractivity (Wildman–Crippen MR) is 70.0 cm³/mol. The average Bonchev–Trinajstić information content (AvgIpc) is 2.68. The molecule has 4 heteroatoms. The molecule has 0 amide bonds. The highest BCUT2D eigenvalue weighted by molar-refractivity contribution is 5.38. The summed E-state index contributed by atoms with van der Waals surface area (Å²) in [4.78, 5) is 11.3. The van der Waals surface area contributed by atoms with Crippen molar-refractivity contribution in [3.8, 4) is 0 Å². The Morgan fingerprint density at radius 2 is 2.00 bits per heavy atom. The summed E-state index contributed by atoms with van der Waals surface area (Å²) in [5.74, 6) is 2.51. The van der Waals surface area contributed by atoms with Crippen LogP contribution in [0.15, 0.2) is 12.4 Å². The Bertz CT molecular complexity index is 356. The quantitative estimate of drug-likeness (QED) is 0.860. The number of rotatable bonds is 4. The van der Waals surface area contributed by atoms with Crippen molar-refractivity contribution in [2.45, 2.75) is 27.3 Å². The lowest BCUT2D eigenvalue weighted by Crippen LogP contribution is -2.22. The van der Waals surface area contributed by atoms with Crippen molar-refractivity contribution in [1.29, 1.82) is 0 Å². The van der Waals surface area contributed by atoms with Gasteiger partial charge in [-0.3, -0.25) is 4.98 Å². The van der Waals surface area contributed by atoms with Gasteiger partial charge in [0.05, 0.1) is 11.9 Å². The molecular weight excluding hydrogens is 212 g/mol. The Morgan fingerprint density at radius 1 is 1.29 bits per heavy atom. The van der Waals surface area contributed by atoms with E-state index in [2.05, 4.69) is 41.0 Å². The van der Waals surface area contributed by atoms with E-state index in [0.717, 1.165) is 49.5 Å². The van der Waals surface area contributed by atoms with Gasteiger partial charge in [0, 0.05) is 25.8 Å². The van der Waals surface area contributed by atoms with Gasteiger partial charge in [0.15, 0.2) is 0 Å². The molecule has 1 aliphatic heterocycles. The fourth-order valence-corrected chi connectivity index (χ4v) is 2.20. The fraction of sp³-hybridized carbons (Fsp3) is 0.692. The Balaban J connectivity index is 2.06. The van der Waals surface area contributed by atoms with Gasteiger partial charge >= 0.3 is 0 Å². The summed E-state index contributed by atoms with van der Waals surface area (Å²) in [5, 5.41) is 3.28. The molecule has 1 fully saturated rings. The fourth-order valence-electron chi connectivity index (χ4n) is 2.20. The lowest BCUT2D eigenvalue weighted by atomic mass is 10.0. The smallest absolute Gasteiger partial charge is 0.147 e. The molecule has 17 heavy (non-hydrogen) atoms. The van der Waals surface area contributed by atoms with Crippen LogP contribution in [-0.4, -0.2) is 29.6 Å². The van der Waals surface area contributed by atoms with E-state index in [1.165, 1.54) is 0 Å². The van der Waals surface area contributed by atoms with E-state index < -0.39 is 0 Å². The normalized spacial score (nSPS) is 24.3. The molecule has 1 aromatic rings. The van der Waals surface area contributed by atoms with E-state index in [-0.39, 0.29) is 0 Å². The third kappa shape index (κ3) is 2.94. The molecular formula is C13H22N4. The number of anilines is 1. The van der Waals surface area contributed by atoms with Crippen molar-refractivity contribution in [2.24, 2.45) is 11.8 Å².